The van der Waals surface area contributed by atoms with Crippen LogP contribution in [0.3, 0.4) is 0 Å². The molecule has 2 rings (SSSR count). The highest BCUT2D eigenvalue weighted by Gasteiger charge is 2.18. The van der Waals surface area contributed by atoms with E-state index in [1.54, 1.807) is 0 Å². The minimum atomic E-state index is -0.878. The van der Waals surface area contributed by atoms with E-state index in [0.717, 1.165) is 12.1 Å². The highest BCUT2D eigenvalue weighted by molar-refractivity contribution is 6.00. The minimum absolute atomic E-state index is 0.0170. The Morgan fingerprint density at radius 3 is 2.63 bits per heavy atom. The predicted molar refractivity (Wildman–Crippen MR) is 62.7 cm³/mol. The summed E-state index contributed by atoms with van der Waals surface area (Å²) in [7, 11) is 0. The van der Waals surface area contributed by atoms with Gasteiger partial charge < -0.3 is 9.73 Å². The van der Waals surface area contributed by atoms with E-state index in [1.807, 2.05) is 13.8 Å². The number of amides is 1. The Hall–Kier alpha value is -2.31. The fourth-order valence-electron chi connectivity index (χ4n) is 1.33. The number of hydrogen-bond donors (Lipinski definition) is 1. The molecule has 0 radical (unpaired) electrons. The van der Waals surface area contributed by atoms with Gasteiger partial charge in [0.25, 0.3) is 0 Å². The van der Waals surface area contributed by atoms with E-state index in [2.05, 4.69) is 15.5 Å². The summed E-state index contributed by atoms with van der Waals surface area (Å²) in [6.07, 6.45) is 0. The Balaban J connectivity index is 2.16. The molecule has 0 aliphatic carbocycles. The molecular weight excluding hydrogens is 256 g/mol. The quantitative estimate of drug-likeness (QED) is 0.928. The van der Waals surface area contributed by atoms with Gasteiger partial charge >= 0.3 is 11.8 Å². The fraction of sp³-hybridized carbons (Fsp3) is 0.250. The van der Waals surface area contributed by atoms with Crippen LogP contribution in [-0.2, 0) is 0 Å². The first kappa shape index (κ1) is 13.1. The Morgan fingerprint density at radius 1 is 1.32 bits per heavy atom. The number of halogens is 2. The smallest absolute Gasteiger partial charge is 0.313 e. The maximum Gasteiger partial charge on any atom is 0.313 e. The average Bonchev–Trinajstić information content (AvgIpc) is 2.82. The van der Waals surface area contributed by atoms with Crippen LogP contribution in [0.4, 0.5) is 14.5 Å². The molecule has 5 nitrogen and oxygen atoms in total. The summed E-state index contributed by atoms with van der Waals surface area (Å²) < 4.78 is 31.2. The number of nitrogens with zero attached hydrogens (tertiary/aromatic N) is 2. The standard InChI is InChI=1S/C12H11F2N3O2/c1-6(2)11-16-17-12(19-11)10(18)15-9-4-3-7(13)5-8(9)14/h3-6H,1-2H3,(H,15,18). The van der Waals surface area contributed by atoms with Crippen LogP contribution in [0.1, 0.15) is 36.3 Å². The lowest BCUT2D eigenvalue weighted by Crippen LogP contribution is -2.13. The molecule has 0 saturated heterocycles. The van der Waals surface area contributed by atoms with Crippen molar-refractivity contribution in [2.45, 2.75) is 19.8 Å². The zero-order chi connectivity index (χ0) is 14.0. The number of hydrogen-bond acceptors (Lipinski definition) is 4. The van der Waals surface area contributed by atoms with Crippen molar-refractivity contribution in [3.05, 3.63) is 41.6 Å². The fourth-order valence-corrected chi connectivity index (χ4v) is 1.33. The van der Waals surface area contributed by atoms with Crippen molar-refractivity contribution in [1.82, 2.24) is 10.2 Å². The predicted octanol–water partition coefficient (Wildman–Crippen LogP) is 2.72. The number of benzene rings is 1. The van der Waals surface area contributed by atoms with E-state index < -0.39 is 17.5 Å². The van der Waals surface area contributed by atoms with E-state index in [0.29, 0.717) is 12.0 Å². The Kier molecular flexibility index (Phi) is 3.55. The molecule has 0 fully saturated rings. The van der Waals surface area contributed by atoms with Crippen molar-refractivity contribution in [3.63, 3.8) is 0 Å². The summed E-state index contributed by atoms with van der Waals surface area (Å²) in [6.45, 7) is 3.66. The van der Waals surface area contributed by atoms with Crippen LogP contribution in [0.2, 0.25) is 0 Å². The normalized spacial score (nSPS) is 10.8. The lowest BCUT2D eigenvalue weighted by atomic mass is 10.2. The minimum Gasteiger partial charge on any atom is -0.417 e. The van der Waals surface area contributed by atoms with Gasteiger partial charge in [0.2, 0.25) is 5.89 Å². The van der Waals surface area contributed by atoms with Gasteiger partial charge in [0.05, 0.1) is 5.69 Å². The van der Waals surface area contributed by atoms with Crippen LogP contribution in [0, 0.1) is 11.6 Å². The van der Waals surface area contributed by atoms with Gasteiger partial charge in [0, 0.05) is 12.0 Å². The second-order valence-electron chi connectivity index (χ2n) is 4.18. The summed E-state index contributed by atoms with van der Waals surface area (Å²) in [5, 5.41) is 9.47. The Labute approximate surface area is 107 Å². The van der Waals surface area contributed by atoms with Crippen molar-refractivity contribution < 1.29 is 18.0 Å². The summed E-state index contributed by atoms with van der Waals surface area (Å²) in [5.74, 6) is -2.33. The van der Waals surface area contributed by atoms with Gasteiger partial charge in [-0.25, -0.2) is 8.78 Å². The van der Waals surface area contributed by atoms with Gasteiger partial charge in [-0.2, -0.15) is 0 Å². The highest BCUT2D eigenvalue weighted by Crippen LogP contribution is 2.17. The van der Waals surface area contributed by atoms with E-state index >= 15 is 0 Å². The molecule has 19 heavy (non-hydrogen) atoms. The molecule has 1 aromatic carbocycles. The van der Waals surface area contributed by atoms with Crippen molar-refractivity contribution in [2.24, 2.45) is 0 Å². The topological polar surface area (TPSA) is 68.0 Å². The first-order valence-corrected chi connectivity index (χ1v) is 5.57. The van der Waals surface area contributed by atoms with Crippen molar-refractivity contribution in [2.75, 3.05) is 5.32 Å². The van der Waals surface area contributed by atoms with Crippen LogP contribution < -0.4 is 5.32 Å². The second-order valence-corrected chi connectivity index (χ2v) is 4.18. The van der Waals surface area contributed by atoms with Gasteiger partial charge in [-0.05, 0) is 12.1 Å². The lowest BCUT2D eigenvalue weighted by Gasteiger charge is -2.03. The van der Waals surface area contributed by atoms with Crippen molar-refractivity contribution >= 4 is 11.6 Å². The van der Waals surface area contributed by atoms with Crippen LogP contribution in [0.25, 0.3) is 0 Å². The van der Waals surface area contributed by atoms with Gasteiger partial charge in [-0.1, -0.05) is 13.8 Å². The van der Waals surface area contributed by atoms with Gasteiger partial charge in [0.1, 0.15) is 11.6 Å². The molecular formula is C12H11F2N3O2. The molecule has 0 bridgehead atoms. The number of aromatic nitrogens is 2. The Morgan fingerprint density at radius 2 is 2.05 bits per heavy atom. The molecule has 0 saturated carbocycles. The summed E-state index contributed by atoms with van der Waals surface area (Å²) in [4.78, 5) is 11.7. The van der Waals surface area contributed by atoms with Crippen LogP contribution >= 0.6 is 0 Å². The van der Waals surface area contributed by atoms with Gasteiger partial charge in [-0.3, -0.25) is 4.79 Å². The third-order valence-electron chi connectivity index (χ3n) is 2.31. The largest absolute Gasteiger partial charge is 0.417 e. The number of anilines is 1. The first-order chi connectivity index (χ1) is 8.97. The van der Waals surface area contributed by atoms with Gasteiger partial charge in [0.15, 0.2) is 0 Å². The number of rotatable bonds is 3. The lowest BCUT2D eigenvalue weighted by molar-refractivity contribution is 0.0987. The number of carbonyl (C=O) groups excluding carboxylic acids is 1. The molecule has 1 aromatic heterocycles. The number of carbonyl (C=O) groups is 1. The highest BCUT2D eigenvalue weighted by atomic mass is 19.1. The first-order valence-electron chi connectivity index (χ1n) is 5.57. The SMILES string of the molecule is CC(C)c1nnc(C(=O)Nc2ccc(F)cc2F)o1. The summed E-state index contributed by atoms with van der Waals surface area (Å²) in [6, 6.07) is 2.82. The maximum absolute atomic E-state index is 13.3. The van der Waals surface area contributed by atoms with Crippen molar-refractivity contribution in [3.8, 4) is 0 Å². The van der Waals surface area contributed by atoms with Crippen molar-refractivity contribution in [1.29, 1.82) is 0 Å². The molecule has 0 aliphatic rings. The third kappa shape index (κ3) is 2.93. The van der Waals surface area contributed by atoms with Gasteiger partial charge in [-0.15, -0.1) is 10.2 Å². The molecule has 1 heterocycles. The summed E-state index contributed by atoms with van der Waals surface area (Å²) >= 11 is 0. The second kappa shape index (κ2) is 5.13. The maximum atomic E-state index is 13.3. The molecule has 0 spiro atoms. The summed E-state index contributed by atoms with van der Waals surface area (Å²) in [5.41, 5.74) is -0.157. The molecule has 1 amide bonds. The van der Waals surface area contributed by atoms with E-state index in [4.69, 9.17) is 4.42 Å². The monoisotopic (exact) mass is 267 g/mol. The van der Waals surface area contributed by atoms with E-state index in [1.165, 1.54) is 0 Å². The third-order valence-corrected chi connectivity index (χ3v) is 2.31. The average molecular weight is 267 g/mol. The zero-order valence-electron chi connectivity index (χ0n) is 10.3. The molecule has 1 N–H and O–H groups in total. The molecule has 0 atom stereocenters. The molecule has 0 aliphatic heterocycles. The van der Waals surface area contributed by atoms with Crippen LogP contribution in [0.5, 0.6) is 0 Å². The van der Waals surface area contributed by atoms with E-state index in [-0.39, 0.29) is 17.5 Å². The molecule has 2 aromatic rings. The zero-order valence-corrected chi connectivity index (χ0v) is 10.3. The number of nitrogens with one attached hydrogen (secondary N) is 1. The molecule has 0 unspecified atom stereocenters. The van der Waals surface area contributed by atoms with E-state index in [9.17, 15) is 13.6 Å². The van der Waals surface area contributed by atoms with Crippen LogP contribution in [0.15, 0.2) is 22.6 Å². The van der Waals surface area contributed by atoms with Crippen LogP contribution in [-0.4, -0.2) is 16.1 Å². The Bertz CT molecular complexity index is 611. The molecule has 100 valence electrons. The molecule has 7 heteroatoms.